The number of nitrogens with one attached hydrogen (secondary N) is 1. The fraction of sp³-hybridized carbons (Fsp3) is 0.588. The molecule has 0 heterocycles. The van der Waals surface area contributed by atoms with Crippen molar-refractivity contribution in [2.24, 2.45) is 16.1 Å². The largest absolute Gasteiger partial charge is 0.396 e. The predicted molar refractivity (Wildman–Crippen MR) is 86.6 cm³/mol. The SMILES string of the molecule is NC(=NCC1(CO)CCCC1)Nc1ccc2c(c1)CCC2. The summed E-state index contributed by atoms with van der Waals surface area (Å²) in [5.41, 5.74) is 9.86. The third kappa shape index (κ3) is 3.21. The minimum atomic E-state index is -0.0375. The number of fused-ring (bicyclic) bond motifs is 1. The number of rotatable bonds is 4. The van der Waals surface area contributed by atoms with Crippen LogP contribution in [0, 0.1) is 5.41 Å². The Morgan fingerprint density at radius 2 is 1.95 bits per heavy atom. The highest BCUT2D eigenvalue weighted by atomic mass is 16.3. The molecule has 0 spiro atoms. The van der Waals surface area contributed by atoms with Crippen LogP contribution in [0.5, 0.6) is 0 Å². The number of guanidine groups is 1. The molecule has 21 heavy (non-hydrogen) atoms. The fourth-order valence-electron chi connectivity index (χ4n) is 3.58. The molecule has 1 fully saturated rings. The van der Waals surface area contributed by atoms with Crippen molar-refractivity contribution < 1.29 is 5.11 Å². The summed E-state index contributed by atoms with van der Waals surface area (Å²) in [6.45, 7) is 0.829. The zero-order valence-electron chi connectivity index (χ0n) is 12.6. The van der Waals surface area contributed by atoms with Crippen LogP contribution in [-0.2, 0) is 12.8 Å². The van der Waals surface area contributed by atoms with Crippen molar-refractivity contribution in [3.05, 3.63) is 29.3 Å². The number of hydrogen-bond acceptors (Lipinski definition) is 2. The van der Waals surface area contributed by atoms with Gasteiger partial charge in [-0.1, -0.05) is 18.9 Å². The first-order valence-corrected chi connectivity index (χ1v) is 8.00. The molecule has 0 aliphatic heterocycles. The van der Waals surface area contributed by atoms with Gasteiger partial charge in [-0.3, -0.25) is 4.99 Å². The number of nitrogens with two attached hydrogens (primary N) is 1. The van der Waals surface area contributed by atoms with Gasteiger partial charge in [-0.05, 0) is 55.4 Å². The lowest BCUT2D eigenvalue weighted by molar-refractivity contribution is 0.139. The van der Waals surface area contributed by atoms with E-state index in [2.05, 4.69) is 28.5 Å². The molecule has 0 atom stereocenters. The number of aliphatic hydroxyl groups is 1. The molecule has 2 aliphatic rings. The molecule has 0 saturated heterocycles. The molecule has 1 saturated carbocycles. The Morgan fingerprint density at radius 1 is 1.19 bits per heavy atom. The first-order valence-electron chi connectivity index (χ1n) is 8.00. The number of aliphatic hydroxyl groups excluding tert-OH is 1. The van der Waals surface area contributed by atoms with E-state index >= 15 is 0 Å². The van der Waals surface area contributed by atoms with Crippen molar-refractivity contribution in [3.63, 3.8) is 0 Å². The number of hydrogen-bond donors (Lipinski definition) is 3. The molecule has 1 aromatic carbocycles. The van der Waals surface area contributed by atoms with Gasteiger partial charge in [0.2, 0.25) is 0 Å². The lowest BCUT2D eigenvalue weighted by Gasteiger charge is -2.24. The number of nitrogens with zero attached hydrogens (tertiary/aromatic N) is 1. The van der Waals surface area contributed by atoms with E-state index in [1.165, 1.54) is 36.8 Å². The van der Waals surface area contributed by atoms with Crippen LogP contribution in [0.3, 0.4) is 0 Å². The van der Waals surface area contributed by atoms with Gasteiger partial charge >= 0.3 is 0 Å². The smallest absolute Gasteiger partial charge is 0.193 e. The Kier molecular flexibility index (Phi) is 4.15. The van der Waals surface area contributed by atoms with Crippen LogP contribution in [0.1, 0.15) is 43.2 Å². The van der Waals surface area contributed by atoms with Gasteiger partial charge in [0.1, 0.15) is 0 Å². The van der Waals surface area contributed by atoms with Crippen molar-refractivity contribution in [1.29, 1.82) is 0 Å². The minimum absolute atomic E-state index is 0.0375. The Balaban J connectivity index is 1.63. The molecule has 2 aliphatic carbocycles. The van der Waals surface area contributed by atoms with Gasteiger partial charge in [-0.2, -0.15) is 0 Å². The first kappa shape index (κ1) is 14.4. The summed E-state index contributed by atoms with van der Waals surface area (Å²) < 4.78 is 0. The summed E-state index contributed by atoms with van der Waals surface area (Å²) in [5, 5.41) is 12.8. The number of anilines is 1. The first-order chi connectivity index (χ1) is 10.2. The second-order valence-corrected chi connectivity index (χ2v) is 6.53. The van der Waals surface area contributed by atoms with Crippen LogP contribution in [0.4, 0.5) is 5.69 Å². The Bertz CT molecular complexity index is 533. The number of aliphatic imine (C=N–C) groups is 1. The maximum Gasteiger partial charge on any atom is 0.193 e. The van der Waals surface area contributed by atoms with E-state index in [-0.39, 0.29) is 12.0 Å². The molecule has 0 bridgehead atoms. The van der Waals surface area contributed by atoms with E-state index in [1.54, 1.807) is 0 Å². The average molecular weight is 287 g/mol. The maximum atomic E-state index is 9.59. The monoisotopic (exact) mass is 287 g/mol. The van der Waals surface area contributed by atoms with Crippen molar-refractivity contribution in [1.82, 2.24) is 0 Å². The van der Waals surface area contributed by atoms with Gasteiger partial charge < -0.3 is 16.2 Å². The molecule has 4 nitrogen and oxygen atoms in total. The molecule has 3 rings (SSSR count). The van der Waals surface area contributed by atoms with Crippen molar-refractivity contribution in [2.45, 2.75) is 44.9 Å². The Hall–Kier alpha value is -1.55. The molecule has 0 unspecified atom stereocenters. The molecular weight excluding hydrogens is 262 g/mol. The highest BCUT2D eigenvalue weighted by molar-refractivity contribution is 5.92. The molecule has 1 aromatic rings. The summed E-state index contributed by atoms with van der Waals surface area (Å²) >= 11 is 0. The minimum Gasteiger partial charge on any atom is -0.396 e. The third-order valence-corrected chi connectivity index (χ3v) is 4.96. The molecule has 114 valence electrons. The number of aryl methyl sites for hydroxylation is 2. The molecule has 0 amide bonds. The summed E-state index contributed by atoms with van der Waals surface area (Å²) in [6.07, 6.45) is 8.09. The molecule has 0 aromatic heterocycles. The van der Waals surface area contributed by atoms with Crippen molar-refractivity contribution >= 4 is 11.6 Å². The van der Waals surface area contributed by atoms with E-state index < -0.39 is 0 Å². The molecule has 4 heteroatoms. The zero-order chi connectivity index (χ0) is 14.7. The Labute approximate surface area is 126 Å². The van der Waals surface area contributed by atoms with Gasteiger partial charge in [-0.25, -0.2) is 0 Å². The number of benzene rings is 1. The lowest BCUT2D eigenvalue weighted by atomic mass is 9.87. The standard InChI is InChI=1S/C17H25N3O/c18-16(19-11-17(12-21)8-1-2-9-17)20-15-7-6-13-4-3-5-14(13)10-15/h6-7,10,21H,1-5,8-9,11-12H2,(H3,18,19,20). The van der Waals surface area contributed by atoms with Crippen molar-refractivity contribution in [2.75, 3.05) is 18.5 Å². The quantitative estimate of drug-likeness (QED) is 0.588. The highest BCUT2D eigenvalue weighted by Crippen LogP contribution is 2.37. The van der Waals surface area contributed by atoms with E-state index in [9.17, 15) is 5.11 Å². The van der Waals surface area contributed by atoms with Crippen LogP contribution < -0.4 is 11.1 Å². The van der Waals surface area contributed by atoms with Gasteiger partial charge in [0.15, 0.2) is 5.96 Å². The van der Waals surface area contributed by atoms with E-state index in [1.807, 2.05) is 0 Å². The van der Waals surface area contributed by atoms with Crippen LogP contribution in [0.25, 0.3) is 0 Å². The second-order valence-electron chi connectivity index (χ2n) is 6.53. The van der Waals surface area contributed by atoms with Gasteiger partial charge in [-0.15, -0.1) is 0 Å². The summed E-state index contributed by atoms with van der Waals surface area (Å²) in [4.78, 5) is 4.46. The lowest BCUT2D eigenvalue weighted by Crippen LogP contribution is -2.29. The Morgan fingerprint density at radius 3 is 2.71 bits per heavy atom. The molecular formula is C17H25N3O. The molecule has 0 radical (unpaired) electrons. The molecule has 4 N–H and O–H groups in total. The van der Waals surface area contributed by atoms with Gasteiger partial charge in [0, 0.05) is 11.1 Å². The predicted octanol–water partition coefficient (Wildman–Crippen LogP) is 2.45. The summed E-state index contributed by atoms with van der Waals surface area (Å²) in [7, 11) is 0. The third-order valence-electron chi connectivity index (χ3n) is 4.96. The average Bonchev–Trinajstić information content (AvgIpc) is 3.14. The van der Waals surface area contributed by atoms with Crippen LogP contribution >= 0.6 is 0 Å². The van der Waals surface area contributed by atoms with Crippen LogP contribution in [-0.4, -0.2) is 24.2 Å². The topological polar surface area (TPSA) is 70.6 Å². The van der Waals surface area contributed by atoms with Gasteiger partial charge in [0.25, 0.3) is 0 Å². The summed E-state index contributed by atoms with van der Waals surface area (Å²) in [5.74, 6) is 0.452. The zero-order valence-corrected chi connectivity index (χ0v) is 12.6. The highest BCUT2D eigenvalue weighted by Gasteiger charge is 2.32. The fourth-order valence-corrected chi connectivity index (χ4v) is 3.58. The van der Waals surface area contributed by atoms with E-state index in [0.717, 1.165) is 24.9 Å². The maximum absolute atomic E-state index is 9.59. The van der Waals surface area contributed by atoms with Crippen molar-refractivity contribution in [3.8, 4) is 0 Å². The second kappa shape index (κ2) is 6.06. The van der Waals surface area contributed by atoms with Crippen LogP contribution in [0.15, 0.2) is 23.2 Å². The van der Waals surface area contributed by atoms with E-state index in [0.29, 0.717) is 12.5 Å². The summed E-state index contributed by atoms with van der Waals surface area (Å²) in [6, 6.07) is 6.44. The van der Waals surface area contributed by atoms with E-state index in [4.69, 9.17) is 5.73 Å². The van der Waals surface area contributed by atoms with Gasteiger partial charge in [0.05, 0.1) is 13.2 Å². The normalized spacial score (nSPS) is 20.5. The van der Waals surface area contributed by atoms with Crippen LogP contribution in [0.2, 0.25) is 0 Å².